The quantitative estimate of drug-likeness (QED) is 0.643. The Morgan fingerprint density at radius 1 is 1.61 bits per heavy atom. The van der Waals surface area contributed by atoms with Gasteiger partial charge in [0.15, 0.2) is 5.82 Å². The number of carbonyl (C=O) groups is 2. The number of rotatable bonds is 2. The minimum absolute atomic E-state index is 0.0284. The molecule has 18 heavy (non-hydrogen) atoms. The summed E-state index contributed by atoms with van der Waals surface area (Å²) in [6.07, 6.45) is 1.19. The van der Waals surface area contributed by atoms with E-state index >= 15 is 0 Å². The van der Waals surface area contributed by atoms with Gasteiger partial charge in [-0.2, -0.15) is 0 Å². The number of hydrogen-bond donors (Lipinski definition) is 2. The first kappa shape index (κ1) is 12.1. The monoisotopic (exact) mass is 252 g/mol. The summed E-state index contributed by atoms with van der Waals surface area (Å²) in [6.45, 7) is 0.117. The van der Waals surface area contributed by atoms with Crippen LogP contribution in [0.5, 0.6) is 0 Å². The van der Waals surface area contributed by atoms with Gasteiger partial charge in [-0.25, -0.2) is 4.98 Å². The third-order valence-electron chi connectivity index (χ3n) is 2.78. The Balaban J connectivity index is 2.30. The second-order valence-electron chi connectivity index (χ2n) is 3.90. The van der Waals surface area contributed by atoms with Crippen LogP contribution in [0.25, 0.3) is 0 Å². The van der Waals surface area contributed by atoms with Crippen LogP contribution in [0, 0.1) is 5.92 Å². The van der Waals surface area contributed by atoms with E-state index in [1.54, 1.807) is 0 Å². The maximum atomic E-state index is 11.8. The van der Waals surface area contributed by atoms with Gasteiger partial charge in [-0.3, -0.25) is 19.3 Å². The molecule has 1 aliphatic rings. The Morgan fingerprint density at radius 2 is 2.33 bits per heavy atom. The molecule has 1 unspecified atom stereocenters. The van der Waals surface area contributed by atoms with Gasteiger partial charge in [0.05, 0.1) is 19.4 Å². The van der Waals surface area contributed by atoms with Crippen molar-refractivity contribution >= 4 is 23.4 Å². The molecule has 1 atom stereocenters. The molecule has 8 heteroatoms. The van der Waals surface area contributed by atoms with Crippen LogP contribution in [0.15, 0.2) is 11.1 Å². The molecule has 1 saturated heterocycles. The Hall–Kier alpha value is -2.38. The highest BCUT2D eigenvalue weighted by atomic mass is 16.5. The summed E-state index contributed by atoms with van der Waals surface area (Å²) in [5.41, 5.74) is 4.90. The van der Waals surface area contributed by atoms with Gasteiger partial charge >= 0.3 is 5.97 Å². The molecule has 2 heterocycles. The highest BCUT2D eigenvalue weighted by Crippen LogP contribution is 2.26. The minimum atomic E-state index is -0.553. The van der Waals surface area contributed by atoms with Gasteiger partial charge in [0.1, 0.15) is 5.69 Å². The van der Waals surface area contributed by atoms with Crippen LogP contribution < -0.4 is 16.2 Å². The van der Waals surface area contributed by atoms with Crippen LogP contribution in [0.3, 0.4) is 0 Å². The average Bonchev–Trinajstić information content (AvgIpc) is 2.74. The highest BCUT2D eigenvalue weighted by molar-refractivity contribution is 6.00. The van der Waals surface area contributed by atoms with Crippen molar-refractivity contribution in [2.75, 3.05) is 24.3 Å². The van der Waals surface area contributed by atoms with Crippen molar-refractivity contribution in [3.05, 3.63) is 16.7 Å². The zero-order chi connectivity index (χ0) is 13.3. The molecule has 0 aromatic carbocycles. The molecule has 1 amide bonds. The Bertz CT molecular complexity index is 553. The molecule has 0 radical (unpaired) electrons. The number of nitrogens with zero attached hydrogens (tertiary/aromatic N) is 2. The van der Waals surface area contributed by atoms with Gasteiger partial charge in [-0.1, -0.05) is 0 Å². The van der Waals surface area contributed by atoms with Crippen LogP contribution >= 0.6 is 0 Å². The number of carbonyl (C=O) groups excluding carboxylic acids is 2. The molecular formula is C10H12N4O4. The third kappa shape index (κ3) is 1.92. The lowest BCUT2D eigenvalue weighted by molar-refractivity contribution is -0.145. The average molecular weight is 252 g/mol. The number of aromatic amines is 1. The smallest absolute Gasteiger partial charge is 0.311 e. The van der Waals surface area contributed by atoms with E-state index < -0.39 is 17.4 Å². The van der Waals surface area contributed by atoms with E-state index in [4.69, 9.17) is 5.73 Å². The molecule has 96 valence electrons. The number of anilines is 2. The SMILES string of the molecule is COC(=O)C1CC(=O)N(c2nc[nH]c(=O)c2N)C1. The molecule has 0 aliphatic carbocycles. The van der Waals surface area contributed by atoms with Crippen LogP contribution in [0.1, 0.15) is 6.42 Å². The molecule has 3 N–H and O–H groups in total. The van der Waals surface area contributed by atoms with E-state index in [1.165, 1.54) is 12.0 Å². The summed E-state index contributed by atoms with van der Waals surface area (Å²) in [5, 5.41) is 0. The molecule has 0 spiro atoms. The van der Waals surface area contributed by atoms with Crippen molar-refractivity contribution < 1.29 is 14.3 Å². The molecule has 1 fully saturated rings. The molecular weight excluding hydrogens is 240 g/mol. The van der Waals surface area contributed by atoms with Crippen LogP contribution in [0.4, 0.5) is 11.5 Å². The second-order valence-corrected chi connectivity index (χ2v) is 3.90. The first-order valence-electron chi connectivity index (χ1n) is 5.26. The van der Waals surface area contributed by atoms with Crippen molar-refractivity contribution in [3.63, 3.8) is 0 Å². The number of methoxy groups -OCH3 is 1. The predicted octanol–water partition coefficient (Wildman–Crippen LogP) is -1.12. The molecule has 1 aromatic rings. The van der Waals surface area contributed by atoms with Gasteiger partial charge in [0.25, 0.3) is 5.56 Å². The van der Waals surface area contributed by atoms with E-state index in [2.05, 4.69) is 14.7 Å². The largest absolute Gasteiger partial charge is 0.469 e. The second kappa shape index (κ2) is 4.47. The number of ether oxygens (including phenoxy) is 1. The van der Waals surface area contributed by atoms with Crippen LogP contribution in [0.2, 0.25) is 0 Å². The van der Waals surface area contributed by atoms with Crippen molar-refractivity contribution in [1.29, 1.82) is 0 Å². The predicted molar refractivity (Wildman–Crippen MR) is 61.7 cm³/mol. The Morgan fingerprint density at radius 3 is 3.00 bits per heavy atom. The molecule has 1 aliphatic heterocycles. The van der Waals surface area contributed by atoms with Crippen molar-refractivity contribution in [3.8, 4) is 0 Å². The van der Waals surface area contributed by atoms with Gasteiger partial charge in [-0.05, 0) is 0 Å². The number of amides is 1. The number of aromatic nitrogens is 2. The minimum Gasteiger partial charge on any atom is -0.469 e. The number of hydrogen-bond acceptors (Lipinski definition) is 6. The lowest BCUT2D eigenvalue weighted by Gasteiger charge is -2.15. The van der Waals surface area contributed by atoms with E-state index in [1.807, 2.05) is 0 Å². The highest BCUT2D eigenvalue weighted by Gasteiger charge is 2.37. The standard InChI is InChI=1S/C10H12N4O4/c1-18-10(17)5-2-6(15)14(3-5)8-7(11)9(16)13-4-12-8/h4-5H,2-3,11H2,1H3,(H,12,13,16). The summed E-state index contributed by atoms with van der Waals surface area (Å²) in [6, 6.07) is 0. The molecule has 8 nitrogen and oxygen atoms in total. The van der Waals surface area contributed by atoms with Gasteiger partial charge in [-0.15, -0.1) is 0 Å². The summed E-state index contributed by atoms with van der Waals surface area (Å²) in [7, 11) is 1.26. The van der Waals surface area contributed by atoms with Gasteiger partial charge in [0, 0.05) is 13.0 Å². The molecule has 0 bridgehead atoms. The fourth-order valence-corrected chi connectivity index (χ4v) is 1.85. The number of nitrogen functional groups attached to an aromatic ring is 1. The lowest BCUT2D eigenvalue weighted by atomic mass is 10.1. The van der Waals surface area contributed by atoms with E-state index in [0.29, 0.717) is 0 Å². The zero-order valence-electron chi connectivity index (χ0n) is 9.67. The maximum absolute atomic E-state index is 11.8. The normalized spacial score (nSPS) is 19.1. The van der Waals surface area contributed by atoms with E-state index in [-0.39, 0.29) is 30.4 Å². The van der Waals surface area contributed by atoms with Crippen LogP contribution in [-0.4, -0.2) is 35.5 Å². The number of H-pyrrole nitrogens is 1. The first-order valence-corrected chi connectivity index (χ1v) is 5.26. The van der Waals surface area contributed by atoms with Gasteiger partial charge < -0.3 is 15.5 Å². The van der Waals surface area contributed by atoms with Gasteiger partial charge in [0.2, 0.25) is 5.91 Å². The Kier molecular flexibility index (Phi) is 3.00. The lowest BCUT2D eigenvalue weighted by Crippen LogP contribution is -2.30. The fraction of sp³-hybridized carbons (Fsp3) is 0.400. The van der Waals surface area contributed by atoms with Crippen molar-refractivity contribution in [2.45, 2.75) is 6.42 Å². The summed E-state index contributed by atoms with van der Waals surface area (Å²) < 4.78 is 4.58. The fourth-order valence-electron chi connectivity index (χ4n) is 1.85. The first-order chi connectivity index (χ1) is 8.54. The summed E-state index contributed by atoms with van der Waals surface area (Å²) in [4.78, 5) is 41.9. The summed E-state index contributed by atoms with van der Waals surface area (Å²) >= 11 is 0. The maximum Gasteiger partial charge on any atom is 0.311 e. The van der Waals surface area contributed by atoms with Crippen LogP contribution in [-0.2, 0) is 14.3 Å². The van der Waals surface area contributed by atoms with Crippen molar-refractivity contribution in [1.82, 2.24) is 9.97 Å². The molecule has 0 saturated carbocycles. The third-order valence-corrected chi connectivity index (χ3v) is 2.78. The van der Waals surface area contributed by atoms with Crippen molar-refractivity contribution in [2.24, 2.45) is 5.92 Å². The topological polar surface area (TPSA) is 118 Å². The number of nitrogens with one attached hydrogen (secondary N) is 1. The van der Waals surface area contributed by atoms with E-state index in [0.717, 1.165) is 6.33 Å². The number of nitrogens with two attached hydrogens (primary N) is 1. The summed E-state index contributed by atoms with van der Waals surface area (Å²) in [5.74, 6) is -1.25. The zero-order valence-corrected chi connectivity index (χ0v) is 9.67. The number of esters is 1. The van der Waals surface area contributed by atoms with E-state index in [9.17, 15) is 14.4 Å². The molecule has 1 aromatic heterocycles. The Labute approximate surface area is 102 Å². The molecule has 2 rings (SSSR count).